The second kappa shape index (κ2) is 1.55. The number of fused-ring (bicyclic) bond motifs is 1. The third-order valence-corrected chi connectivity index (χ3v) is 1.08. The molecule has 0 fully saturated rings. The van der Waals surface area contributed by atoms with Crippen molar-refractivity contribution in [2.24, 2.45) is 0 Å². The molecule has 0 N–H and O–H groups in total. The first-order valence-corrected chi connectivity index (χ1v) is 2.52. The van der Waals surface area contributed by atoms with Crippen molar-refractivity contribution in [2.75, 3.05) is 0 Å². The molecule has 0 aromatic carbocycles. The quantitative estimate of drug-likeness (QED) is 0.519. The summed E-state index contributed by atoms with van der Waals surface area (Å²) in [5.74, 6) is 0. The van der Waals surface area contributed by atoms with E-state index in [1.807, 2.05) is 0 Å². The molecule has 0 spiro atoms. The Hall–Kier alpha value is -1.38. The standard InChI is InChI=1S/C6H3N2O/c1-2-7-3-5-6(1)9-4-8-5/h1,3-4H. The first-order chi connectivity index (χ1) is 4.47. The average Bonchev–Trinajstić information content (AvgIpc) is 2.33. The Morgan fingerprint density at radius 2 is 2.56 bits per heavy atom. The second-order valence-corrected chi connectivity index (χ2v) is 1.63. The van der Waals surface area contributed by atoms with Crippen LogP contribution in [-0.4, -0.2) is 9.97 Å². The molecule has 43 valence electrons. The minimum absolute atomic E-state index is 0.727. The van der Waals surface area contributed by atoms with Crippen molar-refractivity contribution >= 4 is 11.1 Å². The van der Waals surface area contributed by atoms with Gasteiger partial charge in [0.15, 0.2) is 12.0 Å². The van der Waals surface area contributed by atoms with Gasteiger partial charge in [-0.15, -0.1) is 0 Å². The molecule has 3 nitrogen and oxygen atoms in total. The highest BCUT2D eigenvalue weighted by Gasteiger charge is 1.92. The molecule has 2 aromatic heterocycles. The molecule has 0 amide bonds. The van der Waals surface area contributed by atoms with Crippen molar-refractivity contribution in [3.05, 3.63) is 24.9 Å². The number of hydrogen-bond donors (Lipinski definition) is 0. The van der Waals surface area contributed by atoms with Crippen LogP contribution in [0.3, 0.4) is 0 Å². The minimum Gasteiger partial charge on any atom is -0.443 e. The molecule has 0 atom stereocenters. The first-order valence-electron chi connectivity index (χ1n) is 2.52. The van der Waals surface area contributed by atoms with Gasteiger partial charge in [-0.25, -0.2) is 4.98 Å². The SMILES string of the molecule is [c]1cc2ocnc2cn1. The monoisotopic (exact) mass is 119 g/mol. The maximum Gasteiger partial charge on any atom is 0.182 e. The zero-order valence-corrected chi connectivity index (χ0v) is 4.53. The highest BCUT2D eigenvalue weighted by Crippen LogP contribution is 2.06. The van der Waals surface area contributed by atoms with Crippen molar-refractivity contribution < 1.29 is 4.42 Å². The van der Waals surface area contributed by atoms with Gasteiger partial charge in [0.05, 0.1) is 12.4 Å². The van der Waals surface area contributed by atoms with Gasteiger partial charge in [-0.3, -0.25) is 4.98 Å². The summed E-state index contributed by atoms with van der Waals surface area (Å²) in [6, 6.07) is 1.66. The van der Waals surface area contributed by atoms with E-state index in [9.17, 15) is 0 Å². The molecule has 2 heterocycles. The van der Waals surface area contributed by atoms with Crippen LogP contribution in [0.1, 0.15) is 0 Å². The Bertz CT molecular complexity index is 285. The Morgan fingerprint density at radius 1 is 1.56 bits per heavy atom. The number of rotatable bonds is 0. The van der Waals surface area contributed by atoms with E-state index in [-0.39, 0.29) is 0 Å². The molecule has 0 aliphatic rings. The number of hydrogen-bond acceptors (Lipinski definition) is 3. The normalized spacial score (nSPS) is 10.2. The molecule has 0 aliphatic heterocycles. The largest absolute Gasteiger partial charge is 0.443 e. The van der Waals surface area contributed by atoms with E-state index in [2.05, 4.69) is 16.2 Å². The van der Waals surface area contributed by atoms with Crippen LogP contribution >= 0.6 is 0 Å². The van der Waals surface area contributed by atoms with Gasteiger partial charge in [0.1, 0.15) is 5.52 Å². The third kappa shape index (κ3) is 0.579. The molecule has 1 radical (unpaired) electrons. The van der Waals surface area contributed by atoms with Crippen LogP contribution in [0.2, 0.25) is 0 Å². The highest BCUT2D eigenvalue weighted by molar-refractivity contribution is 5.69. The molecule has 9 heavy (non-hydrogen) atoms. The van der Waals surface area contributed by atoms with Crippen LogP contribution in [0.4, 0.5) is 0 Å². The molecule has 2 aromatic rings. The first kappa shape index (κ1) is 4.49. The smallest absolute Gasteiger partial charge is 0.182 e. The fraction of sp³-hybridized carbons (Fsp3) is 0. The van der Waals surface area contributed by atoms with Gasteiger partial charge in [-0.2, -0.15) is 0 Å². The van der Waals surface area contributed by atoms with Crippen LogP contribution in [-0.2, 0) is 0 Å². The van der Waals surface area contributed by atoms with Crippen LogP contribution in [0.25, 0.3) is 11.1 Å². The van der Waals surface area contributed by atoms with E-state index in [1.165, 1.54) is 6.39 Å². The van der Waals surface area contributed by atoms with E-state index in [0.717, 1.165) is 11.1 Å². The van der Waals surface area contributed by atoms with E-state index in [0.29, 0.717) is 0 Å². The lowest BCUT2D eigenvalue weighted by atomic mass is 10.4. The Labute approximate surface area is 51.3 Å². The predicted molar refractivity (Wildman–Crippen MR) is 30.6 cm³/mol. The summed E-state index contributed by atoms with van der Waals surface area (Å²) in [4.78, 5) is 7.61. The minimum atomic E-state index is 0.727. The predicted octanol–water partition coefficient (Wildman–Crippen LogP) is 1.02. The average molecular weight is 119 g/mol. The molecule has 0 saturated heterocycles. The molecule has 3 heteroatoms. The van der Waals surface area contributed by atoms with Gasteiger partial charge in [0.2, 0.25) is 0 Å². The number of nitrogens with zero attached hydrogens (tertiary/aromatic N) is 2. The summed E-state index contributed by atoms with van der Waals surface area (Å²) in [5.41, 5.74) is 1.50. The van der Waals surface area contributed by atoms with Crippen LogP contribution in [0, 0.1) is 6.20 Å². The summed E-state index contributed by atoms with van der Waals surface area (Å²) in [6.45, 7) is 0. The van der Waals surface area contributed by atoms with Gasteiger partial charge in [-0.1, -0.05) is 0 Å². The topological polar surface area (TPSA) is 38.9 Å². The summed E-state index contributed by atoms with van der Waals surface area (Å²) in [5, 5.41) is 0. The number of oxazole rings is 1. The zero-order valence-electron chi connectivity index (χ0n) is 4.53. The number of pyridine rings is 1. The van der Waals surface area contributed by atoms with E-state index in [1.54, 1.807) is 12.3 Å². The van der Waals surface area contributed by atoms with Crippen molar-refractivity contribution in [1.82, 2.24) is 9.97 Å². The van der Waals surface area contributed by atoms with E-state index in [4.69, 9.17) is 4.42 Å². The second-order valence-electron chi connectivity index (χ2n) is 1.63. The lowest BCUT2D eigenvalue weighted by Crippen LogP contribution is -1.69. The molecule has 0 aliphatic carbocycles. The molecular weight excluding hydrogens is 116 g/mol. The summed E-state index contributed by atoms with van der Waals surface area (Å²) < 4.78 is 4.94. The van der Waals surface area contributed by atoms with Gasteiger partial charge in [0.25, 0.3) is 0 Å². The molecular formula is C6H3N2O. The Kier molecular flexibility index (Phi) is 0.773. The van der Waals surface area contributed by atoms with Crippen LogP contribution in [0.15, 0.2) is 23.1 Å². The summed E-state index contributed by atoms with van der Waals surface area (Å²) >= 11 is 0. The Morgan fingerprint density at radius 3 is 3.44 bits per heavy atom. The third-order valence-electron chi connectivity index (χ3n) is 1.08. The zero-order chi connectivity index (χ0) is 6.10. The molecule has 0 bridgehead atoms. The molecule has 0 unspecified atom stereocenters. The fourth-order valence-electron chi connectivity index (χ4n) is 0.663. The van der Waals surface area contributed by atoms with Crippen LogP contribution < -0.4 is 0 Å². The van der Waals surface area contributed by atoms with Gasteiger partial charge < -0.3 is 4.42 Å². The van der Waals surface area contributed by atoms with Crippen molar-refractivity contribution in [3.8, 4) is 0 Å². The summed E-state index contributed by atoms with van der Waals surface area (Å²) in [6.07, 6.45) is 5.64. The maximum absolute atomic E-state index is 4.94. The lowest BCUT2D eigenvalue weighted by molar-refractivity contribution is 0.602. The van der Waals surface area contributed by atoms with E-state index >= 15 is 0 Å². The van der Waals surface area contributed by atoms with Crippen LogP contribution in [0.5, 0.6) is 0 Å². The fourth-order valence-corrected chi connectivity index (χ4v) is 0.663. The number of aromatic nitrogens is 2. The van der Waals surface area contributed by atoms with Gasteiger partial charge in [-0.05, 0) is 0 Å². The molecule has 0 saturated carbocycles. The van der Waals surface area contributed by atoms with Gasteiger partial charge in [0, 0.05) is 6.07 Å². The Balaban J connectivity index is 2.95. The summed E-state index contributed by atoms with van der Waals surface area (Å²) in [7, 11) is 0. The maximum atomic E-state index is 4.94. The van der Waals surface area contributed by atoms with Crippen molar-refractivity contribution in [3.63, 3.8) is 0 Å². The van der Waals surface area contributed by atoms with Gasteiger partial charge >= 0.3 is 0 Å². The highest BCUT2D eigenvalue weighted by atomic mass is 16.3. The lowest BCUT2D eigenvalue weighted by Gasteiger charge is -1.78. The van der Waals surface area contributed by atoms with Crippen molar-refractivity contribution in [1.29, 1.82) is 0 Å². The molecule has 2 rings (SSSR count). The van der Waals surface area contributed by atoms with E-state index < -0.39 is 0 Å². The van der Waals surface area contributed by atoms with Crippen molar-refractivity contribution in [2.45, 2.75) is 0 Å².